The van der Waals surface area contributed by atoms with Crippen LogP contribution in [0.1, 0.15) is 113 Å². The molecule has 3 nitrogen and oxygen atoms in total. The van der Waals surface area contributed by atoms with Crippen molar-refractivity contribution in [3.05, 3.63) is 0 Å². The lowest BCUT2D eigenvalue weighted by Crippen LogP contribution is -2.66. The second-order valence-corrected chi connectivity index (χ2v) is 13.5. The molecular weight excluding hydrogens is 384 g/mol. The smallest absolute Gasteiger partial charge is 0.309 e. The zero-order valence-electron chi connectivity index (χ0n) is 21.3. The summed E-state index contributed by atoms with van der Waals surface area (Å²) in [6.45, 7) is 16.7. The van der Waals surface area contributed by atoms with Gasteiger partial charge in [-0.05, 0) is 103 Å². The SMILES string of the molecule is CCCC1(C(=O)O)CC[C@]2(C)C(CCC3C4(C)CCC(O)C(C)(C)C4CCC32C)C1C. The highest BCUT2D eigenvalue weighted by Gasteiger charge is 2.69. The van der Waals surface area contributed by atoms with Crippen LogP contribution < -0.4 is 0 Å². The fourth-order valence-electron chi connectivity index (χ4n) is 10.5. The van der Waals surface area contributed by atoms with Gasteiger partial charge in [-0.2, -0.15) is 0 Å². The average molecular weight is 433 g/mol. The molecule has 4 aliphatic carbocycles. The van der Waals surface area contributed by atoms with Crippen LogP contribution in [0.2, 0.25) is 0 Å². The van der Waals surface area contributed by atoms with Crippen molar-refractivity contribution in [1.82, 2.24) is 0 Å². The van der Waals surface area contributed by atoms with Gasteiger partial charge in [0.1, 0.15) is 0 Å². The summed E-state index contributed by atoms with van der Waals surface area (Å²) in [5.41, 5.74) is 0.240. The Hall–Kier alpha value is -0.570. The summed E-state index contributed by atoms with van der Waals surface area (Å²) < 4.78 is 0. The average Bonchev–Trinajstić information content (AvgIpc) is 2.68. The lowest BCUT2D eigenvalue weighted by Gasteiger charge is -2.72. The lowest BCUT2D eigenvalue weighted by molar-refractivity contribution is -0.247. The van der Waals surface area contributed by atoms with E-state index < -0.39 is 11.4 Å². The molecule has 9 atom stereocenters. The predicted octanol–water partition coefficient (Wildman–Crippen LogP) is 6.92. The Bertz CT molecular complexity index is 730. The van der Waals surface area contributed by atoms with E-state index in [-0.39, 0.29) is 33.7 Å². The van der Waals surface area contributed by atoms with Gasteiger partial charge in [0.05, 0.1) is 11.5 Å². The minimum Gasteiger partial charge on any atom is -0.481 e. The molecule has 8 unspecified atom stereocenters. The Balaban J connectivity index is 1.72. The van der Waals surface area contributed by atoms with Gasteiger partial charge in [-0.1, -0.05) is 54.9 Å². The molecule has 4 saturated carbocycles. The van der Waals surface area contributed by atoms with E-state index >= 15 is 0 Å². The zero-order valence-corrected chi connectivity index (χ0v) is 21.3. The molecule has 31 heavy (non-hydrogen) atoms. The van der Waals surface area contributed by atoms with Gasteiger partial charge in [0.2, 0.25) is 0 Å². The Kier molecular flexibility index (Phi) is 5.49. The molecule has 0 aliphatic heterocycles. The fraction of sp³-hybridized carbons (Fsp3) is 0.964. The van der Waals surface area contributed by atoms with Crippen LogP contribution in [0, 0.1) is 50.7 Å². The molecule has 0 saturated heterocycles. The van der Waals surface area contributed by atoms with E-state index in [4.69, 9.17) is 0 Å². The third kappa shape index (κ3) is 2.83. The van der Waals surface area contributed by atoms with Gasteiger partial charge in [-0.25, -0.2) is 0 Å². The molecule has 3 heteroatoms. The number of carboxylic acids is 1. The summed E-state index contributed by atoms with van der Waals surface area (Å²) in [6, 6.07) is 0. The van der Waals surface area contributed by atoms with Crippen molar-refractivity contribution in [1.29, 1.82) is 0 Å². The van der Waals surface area contributed by atoms with E-state index in [0.717, 1.165) is 38.5 Å². The molecule has 2 N–H and O–H groups in total. The maximum absolute atomic E-state index is 12.5. The predicted molar refractivity (Wildman–Crippen MR) is 126 cm³/mol. The summed E-state index contributed by atoms with van der Waals surface area (Å²) in [7, 11) is 0. The second-order valence-electron chi connectivity index (χ2n) is 13.5. The second kappa shape index (κ2) is 7.21. The van der Waals surface area contributed by atoms with Crippen molar-refractivity contribution in [2.24, 2.45) is 50.7 Å². The topological polar surface area (TPSA) is 57.5 Å². The van der Waals surface area contributed by atoms with Gasteiger partial charge < -0.3 is 10.2 Å². The summed E-state index contributed by atoms with van der Waals surface area (Å²) >= 11 is 0. The summed E-state index contributed by atoms with van der Waals surface area (Å²) in [5.74, 6) is 1.47. The summed E-state index contributed by atoms with van der Waals surface area (Å²) in [5, 5.41) is 21.1. The monoisotopic (exact) mass is 432 g/mol. The molecule has 4 aliphatic rings. The van der Waals surface area contributed by atoms with Gasteiger partial charge in [0.15, 0.2) is 0 Å². The van der Waals surface area contributed by atoms with Crippen molar-refractivity contribution >= 4 is 5.97 Å². The number of aliphatic carboxylic acids is 1. The molecule has 0 spiro atoms. The first kappa shape index (κ1) is 23.6. The number of aliphatic hydroxyl groups excluding tert-OH is 1. The summed E-state index contributed by atoms with van der Waals surface area (Å²) in [4.78, 5) is 12.5. The molecule has 0 aromatic heterocycles. The quantitative estimate of drug-likeness (QED) is 0.508. The van der Waals surface area contributed by atoms with E-state index in [1.165, 1.54) is 25.7 Å². The molecule has 4 fully saturated rings. The number of rotatable bonds is 3. The van der Waals surface area contributed by atoms with Crippen LogP contribution in [-0.2, 0) is 4.79 Å². The minimum atomic E-state index is -0.546. The Morgan fingerprint density at radius 2 is 1.55 bits per heavy atom. The highest BCUT2D eigenvalue weighted by molar-refractivity contribution is 5.75. The van der Waals surface area contributed by atoms with Crippen LogP contribution in [0.3, 0.4) is 0 Å². The number of carboxylic acid groups (broad SMARTS) is 1. The molecule has 0 aromatic rings. The van der Waals surface area contributed by atoms with Crippen LogP contribution in [-0.4, -0.2) is 22.3 Å². The molecule has 178 valence electrons. The largest absolute Gasteiger partial charge is 0.481 e. The third-order valence-electron chi connectivity index (χ3n) is 12.6. The number of hydrogen-bond donors (Lipinski definition) is 2. The molecule has 0 bridgehead atoms. The zero-order chi connectivity index (χ0) is 23.0. The Morgan fingerprint density at radius 3 is 2.16 bits per heavy atom. The normalized spacial score (nSPS) is 53.7. The van der Waals surface area contributed by atoms with Crippen molar-refractivity contribution in [2.75, 3.05) is 0 Å². The lowest BCUT2D eigenvalue weighted by atomic mass is 9.32. The van der Waals surface area contributed by atoms with E-state index in [1.807, 2.05) is 0 Å². The van der Waals surface area contributed by atoms with Gasteiger partial charge in [-0.15, -0.1) is 0 Å². The van der Waals surface area contributed by atoms with Crippen molar-refractivity contribution in [3.8, 4) is 0 Å². The number of hydrogen-bond acceptors (Lipinski definition) is 2. The molecular formula is C28H48O3. The van der Waals surface area contributed by atoms with Gasteiger partial charge in [-0.3, -0.25) is 4.79 Å². The van der Waals surface area contributed by atoms with Crippen molar-refractivity contribution in [3.63, 3.8) is 0 Å². The highest BCUT2D eigenvalue weighted by atomic mass is 16.4. The third-order valence-corrected chi connectivity index (χ3v) is 12.6. The minimum absolute atomic E-state index is 0.00841. The van der Waals surface area contributed by atoms with E-state index in [0.29, 0.717) is 17.8 Å². The fourth-order valence-corrected chi connectivity index (χ4v) is 10.5. The highest BCUT2D eigenvalue weighted by Crippen LogP contribution is 2.75. The van der Waals surface area contributed by atoms with Gasteiger partial charge in [0, 0.05) is 0 Å². The summed E-state index contributed by atoms with van der Waals surface area (Å²) in [6.07, 6.45) is 10.5. The first-order valence-corrected chi connectivity index (χ1v) is 13.2. The first-order valence-electron chi connectivity index (χ1n) is 13.2. The van der Waals surface area contributed by atoms with Gasteiger partial charge >= 0.3 is 5.97 Å². The van der Waals surface area contributed by atoms with Crippen LogP contribution in [0.4, 0.5) is 0 Å². The van der Waals surface area contributed by atoms with Crippen molar-refractivity contribution < 1.29 is 15.0 Å². The number of carbonyl (C=O) groups is 1. The standard InChI is InChI=1S/C28H48O3/c1-8-13-28(23(30)31)17-16-26(6)19(18(28)2)9-10-21-25(5)14-12-22(29)24(3,4)20(25)11-15-27(21,26)7/h18-22,29H,8-17H2,1-7H3,(H,30,31)/t18?,19?,20?,21?,22?,25?,26-,27?,28?/m1/s1. The molecule has 0 radical (unpaired) electrons. The van der Waals surface area contributed by atoms with Crippen molar-refractivity contribution in [2.45, 2.75) is 119 Å². The van der Waals surface area contributed by atoms with E-state index in [2.05, 4.69) is 48.5 Å². The molecule has 0 aromatic carbocycles. The molecule has 0 amide bonds. The maximum atomic E-state index is 12.5. The van der Waals surface area contributed by atoms with E-state index in [9.17, 15) is 15.0 Å². The molecule has 0 heterocycles. The number of fused-ring (bicyclic) bond motifs is 5. The first-order chi connectivity index (χ1) is 14.3. The Labute approximate surface area is 190 Å². The Morgan fingerprint density at radius 1 is 0.871 bits per heavy atom. The van der Waals surface area contributed by atoms with Crippen LogP contribution in [0.5, 0.6) is 0 Å². The number of aliphatic hydroxyl groups is 1. The maximum Gasteiger partial charge on any atom is 0.309 e. The van der Waals surface area contributed by atoms with Gasteiger partial charge in [0.25, 0.3) is 0 Å². The van der Waals surface area contributed by atoms with Crippen LogP contribution in [0.15, 0.2) is 0 Å². The van der Waals surface area contributed by atoms with Crippen LogP contribution >= 0.6 is 0 Å². The van der Waals surface area contributed by atoms with Crippen LogP contribution in [0.25, 0.3) is 0 Å². The van der Waals surface area contributed by atoms with E-state index in [1.54, 1.807) is 0 Å². The molecule has 4 rings (SSSR count).